The maximum absolute atomic E-state index is 9.98. The second kappa shape index (κ2) is 10.4. The number of carbonyl (C=O) groups excluding carboxylic acids is 1. The Morgan fingerprint density at radius 3 is 2.39 bits per heavy atom. The summed E-state index contributed by atoms with van der Waals surface area (Å²) in [6.45, 7) is 5.77. The normalized spacial score (nSPS) is 12.2. The van der Waals surface area contributed by atoms with Gasteiger partial charge in [0.25, 0.3) is 0 Å². The molecular formula is C24H28N4O3. The summed E-state index contributed by atoms with van der Waals surface area (Å²) in [4.78, 5) is 20.7. The van der Waals surface area contributed by atoms with Crippen LogP contribution < -0.4 is 19.7 Å². The van der Waals surface area contributed by atoms with Crippen molar-refractivity contribution in [2.75, 3.05) is 31.0 Å². The van der Waals surface area contributed by atoms with E-state index in [1.165, 1.54) is 16.7 Å². The number of pyridine rings is 2. The van der Waals surface area contributed by atoms with Crippen molar-refractivity contribution in [3.8, 4) is 11.5 Å². The van der Waals surface area contributed by atoms with Crippen LogP contribution in [0.4, 0.5) is 11.6 Å². The SMILES string of the molecule is COc1cc2c(cc1OC)CN(c1ccc(C)cn1)CC2.Cc1cccnc1NC=O. The molecule has 4 rings (SSSR count). The van der Waals surface area contributed by atoms with E-state index >= 15 is 0 Å². The van der Waals surface area contributed by atoms with Gasteiger partial charge in [-0.1, -0.05) is 12.1 Å². The standard InChI is InChI=1S/C17H20N2O2.C7H8N2O/c1-12-4-5-17(18-10-12)19-7-6-13-8-15(20-2)16(21-3)9-14(13)11-19;1-6-3-2-4-8-7(6)9-5-10/h4-5,8-10H,6-7,11H2,1-3H3;2-5H,1H3,(H,8,9,10). The molecule has 0 bridgehead atoms. The van der Waals surface area contributed by atoms with Crippen LogP contribution >= 0.6 is 0 Å². The van der Waals surface area contributed by atoms with Crippen LogP contribution in [0, 0.1) is 13.8 Å². The summed E-state index contributed by atoms with van der Waals surface area (Å²) in [6.07, 6.45) is 5.17. The number of anilines is 2. The molecule has 0 saturated carbocycles. The fourth-order valence-corrected chi connectivity index (χ4v) is 3.42. The molecule has 1 N–H and O–H groups in total. The van der Waals surface area contributed by atoms with Gasteiger partial charge in [0.15, 0.2) is 11.5 Å². The number of hydrogen-bond donors (Lipinski definition) is 1. The fraction of sp³-hybridized carbons (Fsp3) is 0.292. The van der Waals surface area contributed by atoms with Crippen molar-refractivity contribution in [2.45, 2.75) is 26.8 Å². The molecule has 0 radical (unpaired) electrons. The summed E-state index contributed by atoms with van der Waals surface area (Å²) >= 11 is 0. The highest BCUT2D eigenvalue weighted by Gasteiger charge is 2.20. The highest BCUT2D eigenvalue weighted by molar-refractivity contribution is 5.70. The van der Waals surface area contributed by atoms with Crippen molar-refractivity contribution in [3.05, 3.63) is 71.0 Å². The van der Waals surface area contributed by atoms with E-state index in [0.29, 0.717) is 12.2 Å². The molecule has 0 atom stereocenters. The van der Waals surface area contributed by atoms with Crippen LogP contribution in [0.1, 0.15) is 22.3 Å². The molecular weight excluding hydrogens is 392 g/mol. The number of nitrogens with one attached hydrogen (secondary N) is 1. The van der Waals surface area contributed by atoms with Gasteiger partial charge in [-0.15, -0.1) is 0 Å². The van der Waals surface area contributed by atoms with Crippen molar-refractivity contribution in [2.24, 2.45) is 0 Å². The summed E-state index contributed by atoms with van der Waals surface area (Å²) in [7, 11) is 3.35. The van der Waals surface area contributed by atoms with Gasteiger partial charge < -0.3 is 19.7 Å². The first kappa shape index (κ1) is 22.1. The van der Waals surface area contributed by atoms with E-state index in [9.17, 15) is 4.79 Å². The first-order valence-corrected chi connectivity index (χ1v) is 10.1. The van der Waals surface area contributed by atoms with E-state index in [1.807, 2.05) is 25.3 Å². The number of benzene rings is 1. The molecule has 0 unspecified atom stereocenters. The Labute approximate surface area is 183 Å². The van der Waals surface area contributed by atoms with Gasteiger partial charge in [0.2, 0.25) is 6.41 Å². The summed E-state index contributed by atoms with van der Waals surface area (Å²) in [5.41, 5.74) is 4.76. The summed E-state index contributed by atoms with van der Waals surface area (Å²) in [5.74, 6) is 3.24. The lowest BCUT2D eigenvalue weighted by Gasteiger charge is -2.30. The topological polar surface area (TPSA) is 76.6 Å². The predicted octanol–water partition coefficient (Wildman–Crippen LogP) is 3.93. The number of methoxy groups -OCH3 is 2. The molecule has 31 heavy (non-hydrogen) atoms. The maximum atomic E-state index is 9.98. The molecule has 1 aliphatic rings. The molecule has 162 valence electrons. The number of amides is 1. The number of ether oxygens (including phenoxy) is 2. The van der Waals surface area contributed by atoms with E-state index in [4.69, 9.17) is 9.47 Å². The summed E-state index contributed by atoms with van der Waals surface area (Å²) in [5, 5.41) is 2.48. The minimum absolute atomic E-state index is 0.620. The molecule has 0 aliphatic carbocycles. The van der Waals surface area contributed by atoms with Gasteiger partial charge in [-0.25, -0.2) is 9.97 Å². The van der Waals surface area contributed by atoms with Crippen LogP contribution in [-0.4, -0.2) is 37.1 Å². The number of rotatable bonds is 5. The van der Waals surface area contributed by atoms with Gasteiger partial charge >= 0.3 is 0 Å². The lowest BCUT2D eigenvalue weighted by atomic mass is 9.99. The van der Waals surface area contributed by atoms with Crippen LogP contribution in [-0.2, 0) is 17.8 Å². The Morgan fingerprint density at radius 2 is 1.77 bits per heavy atom. The monoisotopic (exact) mass is 420 g/mol. The third-order valence-corrected chi connectivity index (χ3v) is 5.14. The quantitative estimate of drug-likeness (QED) is 0.631. The molecule has 1 amide bonds. The van der Waals surface area contributed by atoms with Gasteiger partial charge in [-0.2, -0.15) is 0 Å². The lowest BCUT2D eigenvalue weighted by molar-refractivity contribution is -0.105. The first-order chi connectivity index (χ1) is 15.0. The molecule has 0 saturated heterocycles. The Balaban J connectivity index is 0.000000229. The van der Waals surface area contributed by atoms with Gasteiger partial charge in [0.1, 0.15) is 11.6 Å². The van der Waals surface area contributed by atoms with E-state index < -0.39 is 0 Å². The van der Waals surface area contributed by atoms with Crippen LogP contribution in [0.2, 0.25) is 0 Å². The maximum Gasteiger partial charge on any atom is 0.212 e. The van der Waals surface area contributed by atoms with E-state index in [-0.39, 0.29) is 0 Å². The van der Waals surface area contributed by atoms with Crippen molar-refractivity contribution in [1.82, 2.24) is 9.97 Å². The Kier molecular flexibility index (Phi) is 7.43. The third-order valence-electron chi connectivity index (χ3n) is 5.14. The molecule has 7 heteroatoms. The van der Waals surface area contributed by atoms with Crippen molar-refractivity contribution < 1.29 is 14.3 Å². The second-order valence-electron chi connectivity index (χ2n) is 7.27. The number of fused-ring (bicyclic) bond motifs is 1. The van der Waals surface area contributed by atoms with Gasteiger partial charge in [0, 0.05) is 25.5 Å². The number of hydrogen-bond acceptors (Lipinski definition) is 6. The molecule has 0 spiro atoms. The van der Waals surface area contributed by atoms with Gasteiger partial charge in [0.05, 0.1) is 14.2 Å². The zero-order valence-electron chi connectivity index (χ0n) is 18.4. The van der Waals surface area contributed by atoms with E-state index in [0.717, 1.165) is 42.4 Å². The zero-order valence-corrected chi connectivity index (χ0v) is 18.4. The molecule has 1 aromatic carbocycles. The largest absolute Gasteiger partial charge is 0.493 e. The Hall–Kier alpha value is -3.61. The lowest BCUT2D eigenvalue weighted by Crippen LogP contribution is -2.31. The smallest absolute Gasteiger partial charge is 0.212 e. The van der Waals surface area contributed by atoms with Crippen LogP contribution in [0.15, 0.2) is 48.8 Å². The summed E-state index contributed by atoms with van der Waals surface area (Å²) < 4.78 is 10.8. The fourth-order valence-electron chi connectivity index (χ4n) is 3.42. The third kappa shape index (κ3) is 5.51. The summed E-state index contributed by atoms with van der Waals surface area (Å²) in [6, 6.07) is 12.1. The minimum atomic E-state index is 0.620. The van der Waals surface area contributed by atoms with Crippen LogP contribution in [0.5, 0.6) is 11.5 Å². The van der Waals surface area contributed by atoms with Gasteiger partial charge in [-0.05, 0) is 66.8 Å². The van der Waals surface area contributed by atoms with Gasteiger partial charge in [-0.3, -0.25) is 4.79 Å². The zero-order chi connectivity index (χ0) is 22.2. The van der Waals surface area contributed by atoms with Crippen molar-refractivity contribution in [3.63, 3.8) is 0 Å². The average molecular weight is 421 g/mol. The first-order valence-electron chi connectivity index (χ1n) is 10.1. The van der Waals surface area contributed by atoms with Crippen LogP contribution in [0.25, 0.3) is 0 Å². The highest BCUT2D eigenvalue weighted by Crippen LogP contribution is 2.34. The molecule has 1 aliphatic heterocycles. The number of aromatic nitrogens is 2. The van der Waals surface area contributed by atoms with Crippen LogP contribution in [0.3, 0.4) is 0 Å². The Bertz CT molecular complexity index is 1020. The number of carbonyl (C=O) groups is 1. The highest BCUT2D eigenvalue weighted by atomic mass is 16.5. The molecule has 0 fully saturated rings. The van der Waals surface area contributed by atoms with E-state index in [1.54, 1.807) is 20.4 Å². The van der Waals surface area contributed by atoms with Crippen molar-refractivity contribution in [1.29, 1.82) is 0 Å². The number of aryl methyl sites for hydroxylation is 2. The predicted molar refractivity (Wildman–Crippen MR) is 122 cm³/mol. The molecule has 2 aromatic heterocycles. The molecule has 3 heterocycles. The number of nitrogens with zero attached hydrogens (tertiary/aromatic N) is 3. The van der Waals surface area contributed by atoms with E-state index in [2.05, 4.69) is 51.4 Å². The minimum Gasteiger partial charge on any atom is -0.493 e. The molecule has 3 aromatic rings. The van der Waals surface area contributed by atoms with Crippen molar-refractivity contribution >= 4 is 18.0 Å². The Morgan fingerprint density at radius 1 is 1.03 bits per heavy atom. The molecule has 7 nitrogen and oxygen atoms in total. The average Bonchev–Trinajstić information content (AvgIpc) is 2.80. The second-order valence-corrected chi connectivity index (χ2v) is 7.27.